The van der Waals surface area contributed by atoms with Crippen LogP contribution in [0.2, 0.25) is 0 Å². The lowest BCUT2D eigenvalue weighted by Gasteiger charge is -2.27. The van der Waals surface area contributed by atoms with Gasteiger partial charge in [-0.25, -0.2) is 4.79 Å². The molecule has 1 fully saturated rings. The second-order valence-corrected chi connectivity index (χ2v) is 5.30. The summed E-state index contributed by atoms with van der Waals surface area (Å²) in [5, 5.41) is 9.23. The Morgan fingerprint density at radius 2 is 2.05 bits per heavy atom. The molecule has 0 aliphatic heterocycles. The number of hydrogen-bond donors (Lipinski definition) is 1. The maximum atomic E-state index is 12.5. The normalized spacial score (nSPS) is 21.6. The third-order valence-electron chi connectivity index (χ3n) is 3.73. The molecule has 0 saturated heterocycles. The second-order valence-electron chi connectivity index (χ2n) is 5.30. The van der Waals surface area contributed by atoms with E-state index < -0.39 is 12.0 Å². The van der Waals surface area contributed by atoms with Crippen molar-refractivity contribution in [1.29, 1.82) is 0 Å². The molecule has 0 spiro atoms. The number of nitrogens with zero attached hydrogens (tertiary/aromatic N) is 1. The maximum absolute atomic E-state index is 12.5. The Labute approximate surface area is 124 Å². The van der Waals surface area contributed by atoms with Crippen molar-refractivity contribution in [1.82, 2.24) is 4.90 Å². The molecule has 0 heterocycles. The van der Waals surface area contributed by atoms with Crippen LogP contribution in [-0.2, 0) is 20.9 Å². The van der Waals surface area contributed by atoms with E-state index >= 15 is 0 Å². The number of hydrogen-bond acceptors (Lipinski definition) is 3. The zero-order chi connectivity index (χ0) is 15.4. The van der Waals surface area contributed by atoms with Crippen molar-refractivity contribution in [2.75, 3.05) is 6.61 Å². The first-order valence-corrected chi connectivity index (χ1v) is 7.23. The minimum atomic E-state index is -0.993. The van der Waals surface area contributed by atoms with Gasteiger partial charge in [-0.05, 0) is 25.8 Å². The lowest BCUT2D eigenvalue weighted by atomic mass is 10.1. The van der Waals surface area contributed by atoms with Gasteiger partial charge in [0.1, 0.15) is 6.04 Å². The summed E-state index contributed by atoms with van der Waals surface area (Å²) in [5.74, 6) is -1.32. The van der Waals surface area contributed by atoms with Gasteiger partial charge in [-0.15, -0.1) is 0 Å². The Hall–Kier alpha value is -1.88. The van der Waals surface area contributed by atoms with Gasteiger partial charge < -0.3 is 14.7 Å². The maximum Gasteiger partial charge on any atom is 0.326 e. The summed E-state index contributed by atoms with van der Waals surface area (Å²) < 4.78 is 5.43. The molecule has 1 saturated carbocycles. The van der Waals surface area contributed by atoms with Gasteiger partial charge in [0.05, 0.1) is 12.0 Å². The van der Waals surface area contributed by atoms with Crippen LogP contribution >= 0.6 is 0 Å². The van der Waals surface area contributed by atoms with Gasteiger partial charge in [0.25, 0.3) is 0 Å². The molecule has 1 amide bonds. The lowest BCUT2D eigenvalue weighted by molar-refractivity contribution is -0.151. The zero-order valence-electron chi connectivity index (χ0n) is 12.4. The number of carboxylic acid groups (broad SMARTS) is 1. The van der Waals surface area contributed by atoms with Crippen molar-refractivity contribution < 1.29 is 19.4 Å². The van der Waals surface area contributed by atoms with Crippen molar-refractivity contribution >= 4 is 11.9 Å². The predicted molar refractivity (Wildman–Crippen MR) is 77.6 cm³/mol. The lowest BCUT2D eigenvalue weighted by Crippen LogP contribution is -2.44. The summed E-state index contributed by atoms with van der Waals surface area (Å²) in [5.41, 5.74) is 0.924. The number of rotatable bonds is 7. The number of aliphatic carboxylic acids is 1. The monoisotopic (exact) mass is 291 g/mol. The van der Waals surface area contributed by atoms with Crippen LogP contribution in [0.3, 0.4) is 0 Å². The quantitative estimate of drug-likeness (QED) is 0.833. The van der Waals surface area contributed by atoms with E-state index in [1.807, 2.05) is 37.3 Å². The minimum Gasteiger partial charge on any atom is -0.480 e. The zero-order valence-corrected chi connectivity index (χ0v) is 12.4. The largest absolute Gasteiger partial charge is 0.480 e. The SMILES string of the molecule is CCOC1CC1C(=O)N(Cc1ccccc1)C(C)C(=O)O. The van der Waals surface area contributed by atoms with Gasteiger partial charge in [0.15, 0.2) is 0 Å². The summed E-state index contributed by atoms with van der Waals surface area (Å²) in [4.78, 5) is 25.2. The Morgan fingerprint density at radius 1 is 1.38 bits per heavy atom. The molecule has 3 atom stereocenters. The summed E-state index contributed by atoms with van der Waals surface area (Å²) >= 11 is 0. The number of ether oxygens (including phenoxy) is 1. The first kappa shape index (κ1) is 15.5. The summed E-state index contributed by atoms with van der Waals surface area (Å²) in [6, 6.07) is 8.58. The molecular formula is C16H21NO4. The van der Waals surface area contributed by atoms with Crippen LogP contribution in [0, 0.1) is 5.92 Å². The van der Waals surface area contributed by atoms with Crippen molar-refractivity contribution in [3.05, 3.63) is 35.9 Å². The molecule has 5 nitrogen and oxygen atoms in total. The molecule has 0 radical (unpaired) electrons. The molecule has 21 heavy (non-hydrogen) atoms. The Kier molecular flexibility index (Phi) is 4.96. The highest BCUT2D eigenvalue weighted by molar-refractivity contribution is 5.87. The summed E-state index contributed by atoms with van der Waals surface area (Å²) in [6.07, 6.45) is 0.631. The van der Waals surface area contributed by atoms with Gasteiger partial charge in [-0.2, -0.15) is 0 Å². The number of carboxylic acids is 1. The van der Waals surface area contributed by atoms with Crippen LogP contribution in [0.15, 0.2) is 30.3 Å². The summed E-state index contributed by atoms with van der Waals surface area (Å²) in [6.45, 7) is 4.31. The highest BCUT2D eigenvalue weighted by atomic mass is 16.5. The topological polar surface area (TPSA) is 66.8 Å². The molecule has 1 N–H and O–H groups in total. The third-order valence-corrected chi connectivity index (χ3v) is 3.73. The van der Waals surface area contributed by atoms with Gasteiger partial charge in [0.2, 0.25) is 5.91 Å². The summed E-state index contributed by atoms with van der Waals surface area (Å²) in [7, 11) is 0. The highest BCUT2D eigenvalue weighted by Gasteiger charge is 2.47. The molecule has 1 aromatic carbocycles. The third kappa shape index (κ3) is 3.82. The molecule has 1 aromatic rings. The van der Waals surface area contributed by atoms with Gasteiger partial charge >= 0.3 is 5.97 Å². The van der Waals surface area contributed by atoms with Crippen LogP contribution in [-0.4, -0.2) is 40.6 Å². The van der Waals surface area contributed by atoms with Crippen molar-refractivity contribution in [3.63, 3.8) is 0 Å². The number of benzene rings is 1. The molecule has 1 aliphatic rings. The van der Waals surface area contributed by atoms with E-state index in [1.165, 1.54) is 4.90 Å². The van der Waals surface area contributed by atoms with Gasteiger partial charge in [-0.1, -0.05) is 30.3 Å². The average molecular weight is 291 g/mol. The molecule has 3 unspecified atom stereocenters. The Bertz CT molecular complexity index is 502. The number of carbonyl (C=O) groups is 2. The van der Waals surface area contributed by atoms with Crippen molar-refractivity contribution in [3.8, 4) is 0 Å². The predicted octanol–water partition coefficient (Wildman–Crippen LogP) is 1.91. The molecule has 114 valence electrons. The van der Waals surface area contributed by atoms with E-state index in [2.05, 4.69) is 0 Å². The molecular weight excluding hydrogens is 270 g/mol. The van der Waals surface area contributed by atoms with E-state index in [9.17, 15) is 14.7 Å². The van der Waals surface area contributed by atoms with Crippen LogP contribution < -0.4 is 0 Å². The molecule has 0 aromatic heterocycles. The van der Waals surface area contributed by atoms with E-state index in [4.69, 9.17) is 4.74 Å². The molecule has 0 bridgehead atoms. The van der Waals surface area contributed by atoms with Crippen LogP contribution in [0.4, 0.5) is 0 Å². The second kappa shape index (κ2) is 6.72. The molecule has 5 heteroatoms. The fourth-order valence-corrected chi connectivity index (χ4v) is 2.36. The molecule has 2 rings (SSSR count). The standard InChI is InChI=1S/C16H21NO4/c1-3-21-14-9-13(14)15(18)17(11(2)16(19)20)10-12-7-5-4-6-8-12/h4-8,11,13-14H,3,9-10H2,1-2H3,(H,19,20). The van der Waals surface area contributed by atoms with E-state index in [1.54, 1.807) is 6.92 Å². The average Bonchev–Trinajstić information content (AvgIpc) is 3.24. The fourth-order valence-electron chi connectivity index (χ4n) is 2.36. The minimum absolute atomic E-state index is 0.0539. The Balaban J connectivity index is 2.09. The van der Waals surface area contributed by atoms with Gasteiger partial charge in [0, 0.05) is 13.2 Å². The van der Waals surface area contributed by atoms with Crippen molar-refractivity contribution in [2.45, 2.75) is 39.0 Å². The van der Waals surface area contributed by atoms with Crippen LogP contribution in [0.5, 0.6) is 0 Å². The fraction of sp³-hybridized carbons (Fsp3) is 0.500. The van der Waals surface area contributed by atoms with Crippen LogP contribution in [0.1, 0.15) is 25.8 Å². The van der Waals surface area contributed by atoms with E-state index in [-0.39, 0.29) is 17.9 Å². The number of amides is 1. The Morgan fingerprint density at radius 3 is 2.62 bits per heavy atom. The van der Waals surface area contributed by atoms with Crippen LogP contribution in [0.25, 0.3) is 0 Å². The molecule has 1 aliphatic carbocycles. The highest BCUT2D eigenvalue weighted by Crippen LogP contribution is 2.36. The smallest absolute Gasteiger partial charge is 0.326 e. The van der Waals surface area contributed by atoms with Gasteiger partial charge in [-0.3, -0.25) is 4.79 Å². The van der Waals surface area contributed by atoms with E-state index in [0.29, 0.717) is 19.6 Å². The first-order valence-electron chi connectivity index (χ1n) is 7.23. The number of carbonyl (C=O) groups excluding carboxylic acids is 1. The van der Waals surface area contributed by atoms with Crippen molar-refractivity contribution in [2.24, 2.45) is 5.92 Å². The van der Waals surface area contributed by atoms with E-state index in [0.717, 1.165) is 5.56 Å². The first-order chi connectivity index (χ1) is 10.0.